The molecule has 0 spiro atoms. The molecule has 16 heavy (non-hydrogen) atoms. The second-order valence-electron chi connectivity index (χ2n) is 2.96. The maximum Gasteiger partial charge on any atom is 0.441 e. The Morgan fingerprint density at radius 1 is 1.38 bits per heavy atom. The third-order valence-electron chi connectivity index (χ3n) is 1.68. The van der Waals surface area contributed by atoms with E-state index in [9.17, 15) is 13.2 Å². The van der Waals surface area contributed by atoms with Crippen molar-refractivity contribution in [2.45, 2.75) is 5.51 Å². The Labute approximate surface area is 100 Å². The lowest BCUT2D eigenvalue weighted by atomic mass is 10.3. The Bertz CT molecular complexity index is 357. The quantitative estimate of drug-likeness (QED) is 0.649. The van der Waals surface area contributed by atoms with Crippen LogP contribution in [0.4, 0.5) is 24.5 Å². The number of hydrogen-bond acceptors (Lipinski definition) is 3. The number of nitrogens with one attached hydrogen (secondary N) is 1. The van der Waals surface area contributed by atoms with Crippen molar-refractivity contribution in [2.24, 2.45) is 0 Å². The van der Waals surface area contributed by atoms with Crippen molar-refractivity contribution in [3.8, 4) is 0 Å². The summed E-state index contributed by atoms with van der Waals surface area (Å²) in [5.74, 6) is -0.0653. The van der Waals surface area contributed by atoms with Gasteiger partial charge in [0, 0.05) is 18.0 Å². The molecule has 0 aromatic heterocycles. The number of hydrogen-bond donors (Lipinski definition) is 2. The first-order valence-electron chi connectivity index (χ1n) is 4.38. The smallest absolute Gasteiger partial charge is 0.399 e. The number of alkyl halides is 3. The van der Waals surface area contributed by atoms with Gasteiger partial charge in [-0.3, -0.25) is 0 Å². The predicted molar refractivity (Wildman–Crippen MR) is 62.9 cm³/mol. The molecular formula is C9H10ClF3N2S. The van der Waals surface area contributed by atoms with Crippen LogP contribution in [0.25, 0.3) is 0 Å². The van der Waals surface area contributed by atoms with E-state index in [-0.39, 0.29) is 24.1 Å². The largest absolute Gasteiger partial charge is 0.441 e. The second kappa shape index (κ2) is 5.54. The molecule has 0 aliphatic rings. The molecule has 1 aromatic rings. The molecule has 0 radical (unpaired) electrons. The van der Waals surface area contributed by atoms with Gasteiger partial charge in [-0.05, 0) is 30.0 Å². The SMILES string of the molecule is Nc1ccc(NCCSC(F)(F)F)c(Cl)c1. The van der Waals surface area contributed by atoms with E-state index in [4.69, 9.17) is 17.3 Å². The topological polar surface area (TPSA) is 38.0 Å². The number of anilines is 2. The number of benzene rings is 1. The fourth-order valence-corrected chi connectivity index (χ4v) is 1.72. The summed E-state index contributed by atoms with van der Waals surface area (Å²) < 4.78 is 35.4. The highest BCUT2D eigenvalue weighted by molar-refractivity contribution is 8.00. The van der Waals surface area contributed by atoms with Crippen LogP contribution in [0.3, 0.4) is 0 Å². The third kappa shape index (κ3) is 4.85. The maximum atomic E-state index is 11.8. The molecule has 3 N–H and O–H groups in total. The van der Waals surface area contributed by atoms with Crippen LogP contribution in [-0.2, 0) is 0 Å². The van der Waals surface area contributed by atoms with E-state index in [1.807, 2.05) is 0 Å². The van der Waals surface area contributed by atoms with Gasteiger partial charge in [0.05, 0.1) is 10.7 Å². The average molecular weight is 271 g/mol. The van der Waals surface area contributed by atoms with Gasteiger partial charge >= 0.3 is 5.51 Å². The third-order valence-corrected chi connectivity index (χ3v) is 2.72. The van der Waals surface area contributed by atoms with Crippen LogP contribution in [0.1, 0.15) is 0 Å². The van der Waals surface area contributed by atoms with Gasteiger partial charge in [0.15, 0.2) is 0 Å². The molecule has 0 amide bonds. The maximum absolute atomic E-state index is 11.8. The van der Waals surface area contributed by atoms with Gasteiger partial charge in [-0.1, -0.05) is 11.6 Å². The molecule has 0 fully saturated rings. The number of nitrogen functional groups attached to an aromatic ring is 1. The molecule has 90 valence electrons. The molecular weight excluding hydrogens is 261 g/mol. The van der Waals surface area contributed by atoms with Crippen LogP contribution >= 0.6 is 23.4 Å². The Morgan fingerprint density at radius 3 is 2.62 bits per heavy atom. The monoisotopic (exact) mass is 270 g/mol. The van der Waals surface area contributed by atoms with Crippen LogP contribution in [-0.4, -0.2) is 17.8 Å². The molecule has 0 bridgehead atoms. The molecule has 0 heterocycles. The first kappa shape index (κ1) is 13.3. The zero-order chi connectivity index (χ0) is 12.2. The molecule has 0 saturated heterocycles. The molecule has 7 heteroatoms. The first-order valence-corrected chi connectivity index (χ1v) is 5.74. The van der Waals surface area contributed by atoms with Crippen LogP contribution in [0, 0.1) is 0 Å². The minimum Gasteiger partial charge on any atom is -0.399 e. The van der Waals surface area contributed by atoms with Gasteiger partial charge in [0.25, 0.3) is 0 Å². The summed E-state index contributed by atoms with van der Waals surface area (Å²) in [6.45, 7) is 0.188. The Morgan fingerprint density at radius 2 is 2.06 bits per heavy atom. The summed E-state index contributed by atoms with van der Waals surface area (Å²) in [6, 6.07) is 4.81. The standard InChI is InChI=1S/C9H10ClF3N2S/c10-7-5-6(14)1-2-8(7)15-3-4-16-9(11,12)13/h1-2,5,15H,3-4,14H2. The summed E-state index contributed by atoms with van der Waals surface area (Å²) >= 11 is 5.76. The predicted octanol–water partition coefficient (Wildman–Crippen LogP) is 3.59. The summed E-state index contributed by atoms with van der Waals surface area (Å²) in [5, 5.41) is 3.20. The average Bonchev–Trinajstić information content (AvgIpc) is 2.13. The zero-order valence-corrected chi connectivity index (χ0v) is 9.72. The molecule has 0 unspecified atom stereocenters. The second-order valence-corrected chi connectivity index (χ2v) is 4.53. The zero-order valence-electron chi connectivity index (χ0n) is 8.14. The highest BCUT2D eigenvalue weighted by Gasteiger charge is 2.27. The molecule has 0 saturated carbocycles. The molecule has 0 aliphatic carbocycles. The Hall–Kier alpha value is -0.750. The molecule has 2 nitrogen and oxygen atoms in total. The molecule has 1 aromatic carbocycles. The highest BCUT2D eigenvalue weighted by Crippen LogP contribution is 2.30. The minimum atomic E-state index is -4.19. The fourth-order valence-electron chi connectivity index (χ4n) is 1.03. The van der Waals surface area contributed by atoms with Crippen LogP contribution in [0.15, 0.2) is 18.2 Å². The van der Waals surface area contributed by atoms with Crippen molar-refractivity contribution < 1.29 is 13.2 Å². The van der Waals surface area contributed by atoms with E-state index in [0.29, 0.717) is 16.4 Å². The van der Waals surface area contributed by atoms with Crippen molar-refractivity contribution >= 4 is 34.7 Å². The van der Waals surface area contributed by atoms with Gasteiger partial charge in [-0.15, -0.1) is 0 Å². The van der Waals surface area contributed by atoms with E-state index >= 15 is 0 Å². The molecule has 0 aliphatic heterocycles. The Kier molecular flexibility index (Phi) is 4.61. The normalized spacial score (nSPS) is 11.5. The molecule has 0 atom stereocenters. The van der Waals surface area contributed by atoms with Crippen molar-refractivity contribution in [3.05, 3.63) is 23.2 Å². The number of halogens is 4. The lowest BCUT2D eigenvalue weighted by molar-refractivity contribution is -0.0327. The fraction of sp³-hybridized carbons (Fsp3) is 0.333. The van der Waals surface area contributed by atoms with Crippen molar-refractivity contribution in [3.63, 3.8) is 0 Å². The van der Waals surface area contributed by atoms with Gasteiger partial charge in [-0.25, -0.2) is 0 Å². The van der Waals surface area contributed by atoms with Crippen LogP contribution < -0.4 is 11.1 Å². The summed E-state index contributed by atoms with van der Waals surface area (Å²) in [6.07, 6.45) is 0. The summed E-state index contributed by atoms with van der Waals surface area (Å²) in [7, 11) is 0. The van der Waals surface area contributed by atoms with Crippen molar-refractivity contribution in [1.29, 1.82) is 0 Å². The van der Waals surface area contributed by atoms with Crippen LogP contribution in [0.5, 0.6) is 0 Å². The molecule has 1 rings (SSSR count). The van der Waals surface area contributed by atoms with E-state index in [2.05, 4.69) is 5.32 Å². The first-order chi connectivity index (χ1) is 7.38. The summed E-state index contributed by atoms with van der Waals surface area (Å²) in [4.78, 5) is 0. The van der Waals surface area contributed by atoms with Crippen molar-refractivity contribution in [1.82, 2.24) is 0 Å². The summed E-state index contributed by atoms with van der Waals surface area (Å²) in [5.41, 5.74) is 2.38. The van der Waals surface area contributed by atoms with Gasteiger partial charge in [0.2, 0.25) is 0 Å². The van der Waals surface area contributed by atoms with Crippen LogP contribution in [0.2, 0.25) is 5.02 Å². The minimum absolute atomic E-state index is 0.0653. The Balaban J connectivity index is 2.38. The number of nitrogens with two attached hydrogens (primary N) is 1. The number of thioether (sulfide) groups is 1. The van der Waals surface area contributed by atoms with Crippen molar-refractivity contribution in [2.75, 3.05) is 23.3 Å². The van der Waals surface area contributed by atoms with Gasteiger partial charge < -0.3 is 11.1 Å². The van der Waals surface area contributed by atoms with E-state index in [1.165, 1.54) is 0 Å². The van der Waals surface area contributed by atoms with Gasteiger partial charge in [0.1, 0.15) is 0 Å². The van der Waals surface area contributed by atoms with E-state index < -0.39 is 5.51 Å². The van der Waals surface area contributed by atoms with Gasteiger partial charge in [-0.2, -0.15) is 13.2 Å². The lowest BCUT2D eigenvalue weighted by Crippen LogP contribution is -2.09. The highest BCUT2D eigenvalue weighted by atomic mass is 35.5. The van der Waals surface area contributed by atoms with E-state index in [0.717, 1.165) is 0 Å². The lowest BCUT2D eigenvalue weighted by Gasteiger charge is -2.09. The number of rotatable bonds is 4. The van der Waals surface area contributed by atoms with E-state index in [1.54, 1.807) is 18.2 Å².